The lowest BCUT2D eigenvalue weighted by molar-refractivity contribution is 0.102. The Hall–Kier alpha value is -2.29. The molecule has 0 aliphatic carbocycles. The summed E-state index contributed by atoms with van der Waals surface area (Å²) in [6.07, 6.45) is 0. The molecular formula is C17H19NO2. The number of carbonyl (C=O) groups excluding carboxylic acids is 1. The lowest BCUT2D eigenvalue weighted by atomic mass is 10.1. The fourth-order valence-electron chi connectivity index (χ4n) is 2.12. The van der Waals surface area contributed by atoms with Crippen molar-refractivity contribution in [2.24, 2.45) is 0 Å². The summed E-state index contributed by atoms with van der Waals surface area (Å²) >= 11 is 0. The summed E-state index contributed by atoms with van der Waals surface area (Å²) < 4.78 is 5.32. The van der Waals surface area contributed by atoms with E-state index >= 15 is 0 Å². The minimum absolute atomic E-state index is 0.159. The fraction of sp³-hybridized carbons (Fsp3) is 0.235. The first-order chi connectivity index (χ1) is 9.52. The standard InChI is InChI=1S/C17H19NO2/c1-11-8-9-14(10-13(11)3)18-17(19)15-7-5-6-12(2)16(15)20-4/h5-10H,1-4H3,(H,18,19). The molecule has 1 amide bonds. The maximum Gasteiger partial charge on any atom is 0.259 e. The average Bonchev–Trinajstić information content (AvgIpc) is 2.42. The van der Waals surface area contributed by atoms with E-state index in [4.69, 9.17) is 4.74 Å². The van der Waals surface area contributed by atoms with E-state index in [1.807, 2.05) is 51.1 Å². The Labute approximate surface area is 119 Å². The lowest BCUT2D eigenvalue weighted by Gasteiger charge is -2.12. The van der Waals surface area contributed by atoms with Crippen LogP contribution in [0.5, 0.6) is 5.75 Å². The minimum Gasteiger partial charge on any atom is -0.496 e. The topological polar surface area (TPSA) is 38.3 Å². The van der Waals surface area contributed by atoms with Gasteiger partial charge in [-0.1, -0.05) is 18.2 Å². The largest absolute Gasteiger partial charge is 0.496 e. The molecule has 3 nitrogen and oxygen atoms in total. The molecule has 0 radical (unpaired) electrons. The predicted molar refractivity (Wildman–Crippen MR) is 81.6 cm³/mol. The number of para-hydroxylation sites is 1. The van der Waals surface area contributed by atoms with Crippen molar-refractivity contribution in [3.63, 3.8) is 0 Å². The van der Waals surface area contributed by atoms with Crippen LogP contribution in [0, 0.1) is 20.8 Å². The van der Waals surface area contributed by atoms with Crippen LogP contribution in [0.25, 0.3) is 0 Å². The number of aryl methyl sites for hydroxylation is 3. The van der Waals surface area contributed by atoms with Crippen molar-refractivity contribution in [3.05, 3.63) is 58.7 Å². The maximum absolute atomic E-state index is 12.4. The molecule has 0 heterocycles. The average molecular weight is 269 g/mol. The summed E-state index contributed by atoms with van der Waals surface area (Å²) in [7, 11) is 1.58. The second-order valence-corrected chi connectivity index (χ2v) is 4.91. The zero-order chi connectivity index (χ0) is 14.7. The molecule has 104 valence electrons. The minimum atomic E-state index is -0.159. The van der Waals surface area contributed by atoms with Crippen molar-refractivity contribution in [2.45, 2.75) is 20.8 Å². The van der Waals surface area contributed by atoms with Gasteiger partial charge < -0.3 is 10.1 Å². The van der Waals surface area contributed by atoms with Gasteiger partial charge in [-0.05, 0) is 55.7 Å². The smallest absolute Gasteiger partial charge is 0.259 e. The first kappa shape index (κ1) is 14.1. The normalized spacial score (nSPS) is 10.2. The third-order valence-corrected chi connectivity index (χ3v) is 3.43. The maximum atomic E-state index is 12.4. The molecule has 0 atom stereocenters. The molecule has 2 rings (SSSR count). The van der Waals surface area contributed by atoms with Crippen LogP contribution in [0.4, 0.5) is 5.69 Å². The molecule has 0 unspecified atom stereocenters. The van der Waals surface area contributed by atoms with Crippen LogP contribution in [0.3, 0.4) is 0 Å². The van der Waals surface area contributed by atoms with Crippen molar-refractivity contribution < 1.29 is 9.53 Å². The number of nitrogens with one attached hydrogen (secondary N) is 1. The molecule has 0 fully saturated rings. The van der Waals surface area contributed by atoms with Crippen molar-refractivity contribution >= 4 is 11.6 Å². The van der Waals surface area contributed by atoms with E-state index < -0.39 is 0 Å². The van der Waals surface area contributed by atoms with Gasteiger partial charge in [-0.2, -0.15) is 0 Å². The highest BCUT2D eigenvalue weighted by Crippen LogP contribution is 2.24. The number of hydrogen-bond donors (Lipinski definition) is 1. The van der Waals surface area contributed by atoms with Gasteiger partial charge in [0, 0.05) is 5.69 Å². The number of methoxy groups -OCH3 is 1. The Morgan fingerprint density at radius 2 is 1.75 bits per heavy atom. The molecule has 0 saturated heterocycles. The van der Waals surface area contributed by atoms with E-state index in [1.54, 1.807) is 13.2 Å². The molecule has 0 aliphatic heterocycles. The molecule has 0 bridgehead atoms. The van der Waals surface area contributed by atoms with Gasteiger partial charge in [-0.15, -0.1) is 0 Å². The monoisotopic (exact) mass is 269 g/mol. The Kier molecular flexibility index (Phi) is 4.08. The van der Waals surface area contributed by atoms with Crippen LogP contribution in [0.2, 0.25) is 0 Å². The number of rotatable bonds is 3. The molecule has 0 spiro atoms. The van der Waals surface area contributed by atoms with Gasteiger partial charge in [0.2, 0.25) is 0 Å². The Bertz CT molecular complexity index is 647. The highest BCUT2D eigenvalue weighted by Gasteiger charge is 2.14. The van der Waals surface area contributed by atoms with Crippen molar-refractivity contribution in [2.75, 3.05) is 12.4 Å². The number of benzene rings is 2. The zero-order valence-corrected chi connectivity index (χ0v) is 12.3. The summed E-state index contributed by atoms with van der Waals surface area (Å²) in [6.45, 7) is 5.99. The van der Waals surface area contributed by atoms with Gasteiger partial charge in [-0.25, -0.2) is 0 Å². The highest BCUT2D eigenvalue weighted by molar-refractivity contribution is 6.06. The van der Waals surface area contributed by atoms with Crippen LogP contribution in [-0.2, 0) is 0 Å². The first-order valence-electron chi connectivity index (χ1n) is 6.55. The number of hydrogen-bond acceptors (Lipinski definition) is 2. The van der Waals surface area contributed by atoms with Gasteiger partial charge in [-0.3, -0.25) is 4.79 Å². The molecule has 0 aromatic heterocycles. The number of amides is 1. The fourth-order valence-corrected chi connectivity index (χ4v) is 2.12. The van der Waals surface area contributed by atoms with Crippen LogP contribution >= 0.6 is 0 Å². The second kappa shape index (κ2) is 5.78. The third kappa shape index (κ3) is 2.82. The van der Waals surface area contributed by atoms with E-state index in [0.29, 0.717) is 11.3 Å². The van der Waals surface area contributed by atoms with E-state index in [-0.39, 0.29) is 5.91 Å². The second-order valence-electron chi connectivity index (χ2n) is 4.91. The molecular weight excluding hydrogens is 250 g/mol. The van der Waals surface area contributed by atoms with Crippen molar-refractivity contribution in [1.82, 2.24) is 0 Å². The van der Waals surface area contributed by atoms with E-state index in [1.165, 1.54) is 5.56 Å². The zero-order valence-electron chi connectivity index (χ0n) is 12.3. The summed E-state index contributed by atoms with van der Waals surface area (Å²) in [5.41, 5.74) is 4.64. The van der Waals surface area contributed by atoms with E-state index in [9.17, 15) is 4.79 Å². The Balaban J connectivity index is 2.28. The quantitative estimate of drug-likeness (QED) is 0.918. The molecule has 2 aromatic rings. The summed E-state index contributed by atoms with van der Waals surface area (Å²) in [4.78, 5) is 12.4. The summed E-state index contributed by atoms with van der Waals surface area (Å²) in [6, 6.07) is 11.4. The van der Waals surface area contributed by atoms with Crippen LogP contribution in [0.1, 0.15) is 27.0 Å². The Morgan fingerprint density at radius 1 is 1.00 bits per heavy atom. The van der Waals surface area contributed by atoms with Crippen LogP contribution in [-0.4, -0.2) is 13.0 Å². The van der Waals surface area contributed by atoms with E-state index in [2.05, 4.69) is 5.32 Å². The predicted octanol–water partition coefficient (Wildman–Crippen LogP) is 3.87. The number of anilines is 1. The van der Waals surface area contributed by atoms with E-state index in [0.717, 1.165) is 16.8 Å². The SMILES string of the molecule is COc1c(C)cccc1C(=O)Nc1ccc(C)c(C)c1. The highest BCUT2D eigenvalue weighted by atomic mass is 16.5. The van der Waals surface area contributed by atoms with Gasteiger partial charge in [0.1, 0.15) is 5.75 Å². The lowest BCUT2D eigenvalue weighted by Crippen LogP contribution is -2.13. The summed E-state index contributed by atoms with van der Waals surface area (Å²) in [5.74, 6) is 0.461. The van der Waals surface area contributed by atoms with Crippen molar-refractivity contribution in [3.8, 4) is 5.75 Å². The molecule has 0 saturated carbocycles. The van der Waals surface area contributed by atoms with Crippen LogP contribution < -0.4 is 10.1 Å². The van der Waals surface area contributed by atoms with Gasteiger partial charge in [0.15, 0.2) is 0 Å². The van der Waals surface area contributed by atoms with Gasteiger partial charge >= 0.3 is 0 Å². The molecule has 1 N–H and O–H groups in total. The first-order valence-corrected chi connectivity index (χ1v) is 6.55. The van der Waals surface area contributed by atoms with Crippen LogP contribution in [0.15, 0.2) is 36.4 Å². The van der Waals surface area contributed by atoms with Gasteiger partial charge in [0.05, 0.1) is 12.7 Å². The molecule has 0 aliphatic rings. The third-order valence-electron chi connectivity index (χ3n) is 3.43. The number of ether oxygens (including phenoxy) is 1. The number of carbonyl (C=O) groups is 1. The molecule has 3 heteroatoms. The molecule has 20 heavy (non-hydrogen) atoms. The van der Waals surface area contributed by atoms with Crippen molar-refractivity contribution in [1.29, 1.82) is 0 Å². The van der Waals surface area contributed by atoms with Gasteiger partial charge in [0.25, 0.3) is 5.91 Å². The Morgan fingerprint density at radius 3 is 2.40 bits per heavy atom. The molecule has 2 aromatic carbocycles. The summed E-state index contributed by atoms with van der Waals surface area (Å²) in [5, 5.41) is 2.91.